The molecule has 1 aliphatic rings. The van der Waals surface area contributed by atoms with Crippen LogP contribution in [0.1, 0.15) is 42.3 Å². The minimum absolute atomic E-state index is 0.263. The highest BCUT2D eigenvalue weighted by atomic mass is 35.5. The minimum atomic E-state index is -1.24. The van der Waals surface area contributed by atoms with Crippen molar-refractivity contribution in [2.75, 3.05) is 25.3 Å². The fourth-order valence-electron chi connectivity index (χ4n) is 3.36. The molecule has 0 bridgehead atoms. The van der Waals surface area contributed by atoms with Gasteiger partial charge in [0.05, 0.1) is 32.1 Å². The van der Waals surface area contributed by atoms with Crippen LogP contribution in [0.5, 0.6) is 0 Å². The van der Waals surface area contributed by atoms with E-state index >= 15 is 0 Å². The molecule has 0 aliphatic carbocycles. The number of benzene rings is 1. The van der Waals surface area contributed by atoms with Crippen molar-refractivity contribution in [2.45, 2.75) is 39.5 Å². The molecule has 3 rings (SSSR count). The zero-order valence-electron chi connectivity index (χ0n) is 17.0. The second kappa shape index (κ2) is 8.18. The second-order valence-electron chi connectivity index (χ2n) is 7.96. The molecule has 2 aromatic rings. The lowest BCUT2D eigenvalue weighted by atomic mass is 9.96. The highest BCUT2D eigenvalue weighted by Crippen LogP contribution is 2.36. The number of methoxy groups -OCH3 is 1. The van der Waals surface area contributed by atoms with Gasteiger partial charge in [0.1, 0.15) is 5.56 Å². The van der Waals surface area contributed by atoms with E-state index in [1.807, 2.05) is 37.9 Å². The first-order chi connectivity index (χ1) is 13.6. The largest absolute Gasteiger partial charge is 0.477 e. The van der Waals surface area contributed by atoms with E-state index in [1.54, 1.807) is 11.8 Å². The summed E-state index contributed by atoms with van der Waals surface area (Å²) >= 11 is 6.48. The first-order valence-electron chi connectivity index (χ1n) is 9.29. The van der Waals surface area contributed by atoms with Gasteiger partial charge in [0.2, 0.25) is 0 Å². The molecular formula is C21H25ClN2O5. The van der Waals surface area contributed by atoms with E-state index in [9.17, 15) is 14.7 Å². The number of hydrogen-bond acceptors (Lipinski definition) is 5. The summed E-state index contributed by atoms with van der Waals surface area (Å²) < 4.78 is 12.4. The number of aromatic carboxylic acids is 1. The van der Waals surface area contributed by atoms with Crippen LogP contribution in [0.3, 0.4) is 0 Å². The Labute approximate surface area is 174 Å². The number of ether oxygens (including phenoxy) is 2. The predicted molar refractivity (Wildman–Crippen MR) is 111 cm³/mol. The van der Waals surface area contributed by atoms with Gasteiger partial charge in [0.15, 0.2) is 5.43 Å². The number of halogens is 1. The molecule has 0 unspecified atom stereocenters. The number of rotatable bonds is 6. The average Bonchev–Trinajstić information content (AvgIpc) is 2.63. The summed E-state index contributed by atoms with van der Waals surface area (Å²) in [5.41, 5.74) is 2.17. The molecular weight excluding hydrogens is 396 g/mol. The summed E-state index contributed by atoms with van der Waals surface area (Å²) in [7, 11) is 1.62. The van der Waals surface area contributed by atoms with Gasteiger partial charge in [-0.2, -0.15) is 0 Å². The van der Waals surface area contributed by atoms with Crippen molar-refractivity contribution >= 4 is 17.6 Å². The van der Waals surface area contributed by atoms with Crippen LogP contribution in [-0.2, 0) is 22.6 Å². The molecule has 0 amide bonds. The van der Waals surface area contributed by atoms with Crippen molar-refractivity contribution in [3.05, 3.63) is 56.3 Å². The predicted octanol–water partition coefficient (Wildman–Crippen LogP) is 3.28. The molecule has 1 aliphatic heterocycles. The van der Waals surface area contributed by atoms with Crippen LogP contribution in [0.4, 0.5) is 0 Å². The van der Waals surface area contributed by atoms with Gasteiger partial charge < -0.3 is 19.6 Å². The van der Waals surface area contributed by atoms with E-state index < -0.39 is 11.4 Å². The quantitative estimate of drug-likeness (QED) is 0.722. The third-order valence-corrected chi connectivity index (χ3v) is 5.21. The van der Waals surface area contributed by atoms with Gasteiger partial charge in [-0.3, -0.25) is 9.47 Å². The van der Waals surface area contributed by atoms with Crippen LogP contribution in [0, 0.1) is 0 Å². The van der Waals surface area contributed by atoms with Gasteiger partial charge in [0.25, 0.3) is 0 Å². The summed E-state index contributed by atoms with van der Waals surface area (Å²) in [5.74, 6) is -1.24. The van der Waals surface area contributed by atoms with Crippen molar-refractivity contribution in [1.82, 2.24) is 4.68 Å². The Morgan fingerprint density at radius 1 is 1.24 bits per heavy atom. The van der Waals surface area contributed by atoms with Crippen molar-refractivity contribution in [3.8, 4) is 11.3 Å². The van der Waals surface area contributed by atoms with Crippen molar-refractivity contribution in [3.63, 3.8) is 0 Å². The molecule has 8 heteroatoms. The highest BCUT2D eigenvalue weighted by Gasteiger charge is 2.31. The fraction of sp³-hybridized carbons (Fsp3) is 0.429. The molecule has 1 aromatic carbocycles. The Hall–Kier alpha value is -2.35. The number of nitrogens with zero attached hydrogens (tertiary/aromatic N) is 2. The lowest BCUT2D eigenvalue weighted by Crippen LogP contribution is -2.51. The first-order valence-corrected chi connectivity index (χ1v) is 9.67. The number of carbonyl (C=O) groups is 1. The Bertz CT molecular complexity index is 994. The number of aromatic nitrogens is 1. The highest BCUT2D eigenvalue weighted by molar-refractivity contribution is 6.31. The summed E-state index contributed by atoms with van der Waals surface area (Å²) in [6.45, 7) is 7.96. The summed E-state index contributed by atoms with van der Waals surface area (Å²) in [6, 6.07) is 5.17. The third-order valence-electron chi connectivity index (χ3n) is 4.85. The maximum absolute atomic E-state index is 12.4. The van der Waals surface area contributed by atoms with Gasteiger partial charge in [-0.05, 0) is 44.0 Å². The van der Waals surface area contributed by atoms with E-state index in [0.717, 1.165) is 16.7 Å². The molecule has 156 valence electrons. The standard InChI is InChI=1S/C21H25ClN2O5/c1-21(2,3)24-10-13-7-14(12-29-6-5-28-4)17(22)8-15(13)18-9-19(25)16(20(26)27)11-23(18)24/h7-9,11H,5-6,10,12H2,1-4H3,(H,26,27). The molecule has 0 spiro atoms. The Morgan fingerprint density at radius 2 is 1.97 bits per heavy atom. The molecule has 29 heavy (non-hydrogen) atoms. The molecule has 0 saturated carbocycles. The second-order valence-corrected chi connectivity index (χ2v) is 8.37. The Morgan fingerprint density at radius 3 is 2.59 bits per heavy atom. The fourth-order valence-corrected chi connectivity index (χ4v) is 3.57. The van der Waals surface area contributed by atoms with Crippen LogP contribution in [-0.4, -0.2) is 41.6 Å². The molecule has 0 fully saturated rings. The zero-order valence-corrected chi connectivity index (χ0v) is 17.7. The molecule has 1 N–H and O–H groups in total. The van der Waals surface area contributed by atoms with Crippen molar-refractivity contribution < 1.29 is 19.4 Å². The molecule has 2 heterocycles. The molecule has 0 saturated heterocycles. The van der Waals surface area contributed by atoms with Crippen LogP contribution in [0.25, 0.3) is 11.3 Å². The van der Waals surface area contributed by atoms with E-state index in [1.165, 1.54) is 12.3 Å². The molecule has 0 radical (unpaired) electrons. The van der Waals surface area contributed by atoms with Crippen LogP contribution >= 0.6 is 11.6 Å². The molecule has 0 atom stereocenters. The van der Waals surface area contributed by atoms with Gasteiger partial charge in [-0.15, -0.1) is 0 Å². The van der Waals surface area contributed by atoms with Gasteiger partial charge >= 0.3 is 5.97 Å². The van der Waals surface area contributed by atoms with Crippen LogP contribution in [0.2, 0.25) is 5.02 Å². The Kier molecular flexibility index (Phi) is 6.03. The summed E-state index contributed by atoms with van der Waals surface area (Å²) in [4.78, 5) is 23.9. The number of carboxylic acid groups (broad SMARTS) is 1. The first kappa shape index (κ1) is 21.4. The van der Waals surface area contributed by atoms with E-state index in [-0.39, 0.29) is 11.1 Å². The lowest BCUT2D eigenvalue weighted by molar-refractivity contribution is 0.0617. The monoisotopic (exact) mass is 420 g/mol. The zero-order chi connectivity index (χ0) is 21.3. The molecule has 7 nitrogen and oxygen atoms in total. The van der Waals surface area contributed by atoms with E-state index in [2.05, 4.69) is 0 Å². The van der Waals surface area contributed by atoms with Crippen LogP contribution in [0.15, 0.2) is 29.2 Å². The van der Waals surface area contributed by atoms with Crippen LogP contribution < -0.4 is 10.4 Å². The minimum Gasteiger partial charge on any atom is -0.477 e. The van der Waals surface area contributed by atoms with E-state index in [4.69, 9.17) is 21.1 Å². The summed E-state index contributed by atoms with van der Waals surface area (Å²) in [5, 5.41) is 11.9. The van der Waals surface area contributed by atoms with E-state index in [0.29, 0.717) is 37.1 Å². The lowest BCUT2D eigenvalue weighted by Gasteiger charge is -2.44. The average molecular weight is 421 g/mol. The van der Waals surface area contributed by atoms with Gasteiger partial charge in [0, 0.05) is 35.5 Å². The summed E-state index contributed by atoms with van der Waals surface area (Å²) in [6.07, 6.45) is 1.39. The third kappa shape index (κ3) is 4.32. The number of pyridine rings is 1. The maximum atomic E-state index is 12.4. The Balaban J connectivity index is 2.11. The van der Waals surface area contributed by atoms with Gasteiger partial charge in [-0.1, -0.05) is 11.6 Å². The topological polar surface area (TPSA) is 81.0 Å². The smallest absolute Gasteiger partial charge is 0.341 e. The number of hydrogen-bond donors (Lipinski definition) is 1. The number of fused-ring (bicyclic) bond motifs is 3. The SMILES string of the molecule is COCCOCc1cc2c(cc1Cl)-c1cc(=O)c(C(=O)O)cn1N(C(C)(C)C)C2. The van der Waals surface area contributed by atoms with Gasteiger partial charge in [-0.25, -0.2) is 4.79 Å². The maximum Gasteiger partial charge on any atom is 0.341 e. The molecule has 1 aromatic heterocycles. The van der Waals surface area contributed by atoms with Crippen molar-refractivity contribution in [1.29, 1.82) is 0 Å². The number of carboxylic acids is 1. The normalized spacial score (nSPS) is 13.2. The van der Waals surface area contributed by atoms with Crippen molar-refractivity contribution in [2.24, 2.45) is 0 Å².